The Balaban J connectivity index is -0.000000131. The zero-order valence-corrected chi connectivity index (χ0v) is 9.54. The Labute approximate surface area is 85.9 Å². The van der Waals surface area contributed by atoms with Crippen LogP contribution in [0.5, 0.6) is 0 Å². The van der Waals surface area contributed by atoms with Gasteiger partial charge in [0.15, 0.2) is 0 Å². The van der Waals surface area contributed by atoms with E-state index in [9.17, 15) is 9.59 Å². The van der Waals surface area contributed by atoms with Gasteiger partial charge in [0.1, 0.15) is 5.78 Å². The molecule has 0 spiro atoms. The number of carbonyl (C=O) groups excluding carboxylic acids is 1. The summed E-state index contributed by atoms with van der Waals surface area (Å²) in [7, 11) is 0. The number of hydrogen-bond acceptors (Lipinski definition) is 3. The molecule has 0 amide bonds. The normalized spacial score (nSPS) is 7.50. The van der Waals surface area contributed by atoms with E-state index in [0.29, 0.717) is 6.61 Å². The van der Waals surface area contributed by atoms with Gasteiger partial charge in [0, 0.05) is 13.0 Å². The van der Waals surface area contributed by atoms with Crippen molar-refractivity contribution in [3.8, 4) is 0 Å². The lowest BCUT2D eigenvalue weighted by molar-refractivity contribution is -0.136. The summed E-state index contributed by atoms with van der Waals surface area (Å²) in [4.78, 5) is 18.8. The van der Waals surface area contributed by atoms with Crippen molar-refractivity contribution in [3.05, 3.63) is 0 Å². The van der Waals surface area contributed by atoms with Crippen LogP contribution < -0.4 is 0 Å². The van der Waals surface area contributed by atoms with Gasteiger partial charge < -0.3 is 15.0 Å². The molecule has 0 aromatic rings. The van der Waals surface area contributed by atoms with E-state index in [1.165, 1.54) is 13.8 Å². The Morgan fingerprint density at radius 2 is 1.43 bits per heavy atom. The lowest BCUT2D eigenvalue weighted by Crippen LogP contribution is -1.86. The Morgan fingerprint density at radius 3 is 1.43 bits per heavy atom. The van der Waals surface area contributed by atoms with Gasteiger partial charge in [-0.1, -0.05) is 20.3 Å². The number of aliphatic hydroxyl groups excluding tert-OH is 1. The molecule has 0 bridgehead atoms. The summed E-state index contributed by atoms with van der Waals surface area (Å²) in [6, 6.07) is 0. The molecule has 0 unspecified atom stereocenters. The van der Waals surface area contributed by atoms with Crippen molar-refractivity contribution in [2.45, 2.75) is 47.0 Å². The van der Waals surface area contributed by atoms with Crippen molar-refractivity contribution in [1.29, 1.82) is 0 Å². The third-order valence-electron chi connectivity index (χ3n) is 0.814. The number of rotatable bonds is 3. The van der Waals surface area contributed by atoms with E-state index in [2.05, 4.69) is 6.92 Å². The monoisotopic (exact) mass is 206 g/mol. The third kappa shape index (κ3) is 118. The number of aliphatic carboxylic acids is 1. The summed E-state index contributed by atoms with van der Waals surface area (Å²) < 4.78 is 0. The molecule has 4 nitrogen and oxygen atoms in total. The fraction of sp³-hybridized carbons (Fsp3) is 0.800. The van der Waals surface area contributed by atoms with Gasteiger partial charge in [0.25, 0.3) is 0 Å². The average molecular weight is 206 g/mol. The molecule has 0 fully saturated rings. The predicted octanol–water partition coefficient (Wildman–Crippen LogP) is 1.86. The van der Waals surface area contributed by atoms with Crippen molar-refractivity contribution in [3.63, 3.8) is 0 Å². The van der Waals surface area contributed by atoms with E-state index >= 15 is 0 Å². The number of carbonyl (C=O) groups is 2. The molecule has 0 aromatic heterocycles. The van der Waals surface area contributed by atoms with Crippen LogP contribution in [0, 0.1) is 0 Å². The van der Waals surface area contributed by atoms with Crippen LogP contribution in [-0.2, 0) is 9.59 Å². The van der Waals surface area contributed by atoms with Crippen LogP contribution in [0.4, 0.5) is 0 Å². The second-order valence-electron chi connectivity index (χ2n) is 2.73. The first-order valence-electron chi connectivity index (χ1n) is 4.72. The van der Waals surface area contributed by atoms with Gasteiger partial charge in [-0.05, 0) is 20.3 Å². The summed E-state index contributed by atoms with van der Waals surface area (Å²) in [6.07, 6.45) is 2.26. The number of ketones is 1. The summed E-state index contributed by atoms with van der Waals surface area (Å²) >= 11 is 0. The van der Waals surface area contributed by atoms with Gasteiger partial charge in [0.2, 0.25) is 0 Å². The van der Waals surface area contributed by atoms with E-state index in [-0.39, 0.29) is 12.2 Å². The molecule has 0 radical (unpaired) electrons. The van der Waals surface area contributed by atoms with Gasteiger partial charge in [-0.25, -0.2) is 0 Å². The van der Waals surface area contributed by atoms with Gasteiger partial charge in [-0.15, -0.1) is 0 Å². The zero-order chi connectivity index (χ0) is 12.0. The number of hydrogen-bond donors (Lipinski definition) is 2. The van der Waals surface area contributed by atoms with Crippen LogP contribution in [0.3, 0.4) is 0 Å². The Bertz CT molecular complexity index is 126. The summed E-state index contributed by atoms with van der Waals surface area (Å²) in [5, 5.41) is 15.8. The number of unbranched alkanes of at least 4 members (excludes halogenated alkanes) is 1. The molecule has 0 saturated carbocycles. The number of carboxylic acid groups (broad SMARTS) is 1. The van der Waals surface area contributed by atoms with E-state index in [1.54, 1.807) is 6.92 Å². The second kappa shape index (κ2) is 18.0. The molecule has 0 aliphatic heterocycles. The van der Waals surface area contributed by atoms with Crippen molar-refractivity contribution in [2.75, 3.05) is 6.61 Å². The van der Waals surface area contributed by atoms with E-state index < -0.39 is 5.97 Å². The zero-order valence-electron chi connectivity index (χ0n) is 9.54. The maximum atomic E-state index is 9.44. The number of Topliss-reactive ketones (excluding diaryl/α,β-unsaturated/α-hetero) is 1. The third-order valence-corrected chi connectivity index (χ3v) is 0.814. The fourth-order valence-electron chi connectivity index (χ4n) is 0.158. The summed E-state index contributed by atoms with van der Waals surface area (Å²) in [6.45, 7) is 7.05. The van der Waals surface area contributed by atoms with E-state index in [4.69, 9.17) is 10.2 Å². The van der Waals surface area contributed by atoms with Crippen LogP contribution in [0.2, 0.25) is 0 Å². The van der Waals surface area contributed by atoms with Crippen molar-refractivity contribution < 1.29 is 19.8 Å². The summed E-state index contributed by atoms with van der Waals surface area (Å²) in [5.74, 6) is -0.579. The van der Waals surface area contributed by atoms with Gasteiger partial charge in [-0.3, -0.25) is 4.79 Å². The number of aliphatic hydroxyl groups is 1. The van der Waals surface area contributed by atoms with Gasteiger partial charge in [0.05, 0.1) is 0 Å². The minimum atomic E-state index is -0.745. The molecule has 0 rings (SSSR count). The van der Waals surface area contributed by atoms with E-state index in [0.717, 1.165) is 12.8 Å². The molecule has 0 atom stereocenters. The lowest BCUT2D eigenvalue weighted by atomic mass is 10.4. The van der Waals surface area contributed by atoms with Crippen molar-refractivity contribution in [2.24, 2.45) is 0 Å². The Kier molecular flexibility index (Phi) is 24.2. The molecule has 0 saturated heterocycles. The second-order valence-corrected chi connectivity index (χ2v) is 2.73. The maximum Gasteiger partial charge on any atom is 0.303 e. The standard InChI is InChI=1S/C4H10O.C3H6O2.C3H6O/c1-2-3-4-5;1-2-3(4)5;1-3(2)4/h5H,2-4H2,1H3;2H2,1H3,(H,4,5);1-2H3. The van der Waals surface area contributed by atoms with Crippen molar-refractivity contribution >= 4 is 11.8 Å². The Hall–Kier alpha value is -0.900. The highest BCUT2D eigenvalue weighted by molar-refractivity contribution is 5.72. The largest absolute Gasteiger partial charge is 0.481 e. The lowest BCUT2D eigenvalue weighted by Gasteiger charge is -1.79. The molecule has 0 aliphatic carbocycles. The first-order chi connectivity index (χ1) is 6.42. The smallest absolute Gasteiger partial charge is 0.303 e. The minimum Gasteiger partial charge on any atom is -0.481 e. The first kappa shape index (κ1) is 18.8. The Morgan fingerprint density at radius 1 is 1.14 bits per heavy atom. The molecule has 86 valence electrons. The van der Waals surface area contributed by atoms with Crippen LogP contribution in [0.25, 0.3) is 0 Å². The molecule has 2 N–H and O–H groups in total. The molecular weight excluding hydrogens is 184 g/mol. The summed E-state index contributed by atoms with van der Waals surface area (Å²) in [5.41, 5.74) is 0. The van der Waals surface area contributed by atoms with Gasteiger partial charge in [-0.2, -0.15) is 0 Å². The SMILES string of the molecule is CC(C)=O.CCC(=O)O.CCCCO. The highest BCUT2D eigenvalue weighted by atomic mass is 16.4. The molecule has 0 aromatic carbocycles. The van der Waals surface area contributed by atoms with Crippen LogP contribution in [-0.4, -0.2) is 28.6 Å². The van der Waals surface area contributed by atoms with Gasteiger partial charge >= 0.3 is 5.97 Å². The molecule has 14 heavy (non-hydrogen) atoms. The van der Waals surface area contributed by atoms with Crippen LogP contribution in [0.1, 0.15) is 47.0 Å². The highest BCUT2D eigenvalue weighted by Gasteiger charge is 1.80. The van der Waals surface area contributed by atoms with Crippen LogP contribution in [0.15, 0.2) is 0 Å². The first-order valence-corrected chi connectivity index (χ1v) is 4.72. The highest BCUT2D eigenvalue weighted by Crippen LogP contribution is 1.78. The molecule has 4 heteroatoms. The predicted molar refractivity (Wildman–Crippen MR) is 56.3 cm³/mol. The molecular formula is C10H22O4. The molecule has 0 aliphatic rings. The maximum absolute atomic E-state index is 9.44. The molecule has 0 heterocycles. The fourth-order valence-corrected chi connectivity index (χ4v) is 0.158. The average Bonchev–Trinajstić information content (AvgIpc) is 2.06. The van der Waals surface area contributed by atoms with Crippen LogP contribution >= 0.6 is 0 Å². The van der Waals surface area contributed by atoms with E-state index in [1.807, 2.05) is 0 Å². The number of carboxylic acids is 1. The minimum absolute atomic E-state index is 0.167. The topological polar surface area (TPSA) is 74.6 Å². The quantitative estimate of drug-likeness (QED) is 0.739. The van der Waals surface area contributed by atoms with Crippen molar-refractivity contribution in [1.82, 2.24) is 0 Å².